The molecule has 2 aromatic rings. The van der Waals surface area contributed by atoms with Gasteiger partial charge in [-0.15, -0.1) is 0 Å². The van der Waals surface area contributed by atoms with Crippen LogP contribution in [0, 0.1) is 12.8 Å². The first-order valence-electron chi connectivity index (χ1n) is 8.15. The lowest BCUT2D eigenvalue weighted by Gasteiger charge is -2.23. The van der Waals surface area contributed by atoms with E-state index in [9.17, 15) is 0 Å². The average molecular weight is 268 g/mol. The zero-order valence-electron chi connectivity index (χ0n) is 12.4. The van der Waals surface area contributed by atoms with Gasteiger partial charge in [-0.25, -0.2) is 0 Å². The summed E-state index contributed by atoms with van der Waals surface area (Å²) in [6.07, 6.45) is 6.54. The summed E-state index contributed by atoms with van der Waals surface area (Å²) in [4.78, 5) is 0. The molecule has 0 radical (unpaired) electrons. The highest BCUT2D eigenvalue weighted by Gasteiger charge is 2.22. The molecule has 1 saturated heterocycles. The van der Waals surface area contributed by atoms with Gasteiger partial charge in [-0.1, -0.05) is 18.2 Å². The summed E-state index contributed by atoms with van der Waals surface area (Å²) < 4.78 is 2.58. The third-order valence-electron chi connectivity index (χ3n) is 5.28. The van der Waals surface area contributed by atoms with Crippen molar-refractivity contribution in [3.8, 4) is 0 Å². The molecule has 0 aliphatic carbocycles. The predicted molar refractivity (Wildman–Crippen MR) is 84.3 cm³/mol. The monoisotopic (exact) mass is 268 g/mol. The van der Waals surface area contributed by atoms with Crippen LogP contribution in [0.25, 0.3) is 10.9 Å². The summed E-state index contributed by atoms with van der Waals surface area (Å²) in [5.41, 5.74) is 6.25. The number of benzene rings is 1. The Morgan fingerprint density at radius 1 is 1.30 bits per heavy atom. The molecule has 2 heteroatoms. The number of piperidine rings is 1. The molecule has 0 saturated carbocycles. The Bertz CT molecular complexity index is 632. The third kappa shape index (κ3) is 1.89. The minimum Gasteiger partial charge on any atom is -0.344 e. The van der Waals surface area contributed by atoms with E-state index in [1.807, 2.05) is 0 Å². The van der Waals surface area contributed by atoms with Gasteiger partial charge in [0.1, 0.15) is 0 Å². The van der Waals surface area contributed by atoms with E-state index < -0.39 is 0 Å². The highest BCUT2D eigenvalue weighted by atomic mass is 15.0. The van der Waals surface area contributed by atoms with E-state index in [4.69, 9.17) is 0 Å². The minimum atomic E-state index is 0.825. The van der Waals surface area contributed by atoms with Crippen LogP contribution >= 0.6 is 0 Å². The fourth-order valence-corrected chi connectivity index (χ4v) is 4.23. The van der Waals surface area contributed by atoms with Crippen LogP contribution in [0.1, 0.15) is 36.1 Å². The van der Waals surface area contributed by atoms with Crippen molar-refractivity contribution < 1.29 is 0 Å². The largest absolute Gasteiger partial charge is 0.344 e. The number of aryl methyl sites for hydroxylation is 2. The number of rotatable bonds is 2. The van der Waals surface area contributed by atoms with E-state index in [-0.39, 0.29) is 0 Å². The molecule has 1 fully saturated rings. The first-order chi connectivity index (χ1) is 9.84. The van der Waals surface area contributed by atoms with Gasteiger partial charge in [0.15, 0.2) is 0 Å². The van der Waals surface area contributed by atoms with Gasteiger partial charge < -0.3 is 9.88 Å². The quantitative estimate of drug-likeness (QED) is 0.883. The number of para-hydroxylation sites is 1. The summed E-state index contributed by atoms with van der Waals surface area (Å²) in [7, 11) is 0. The van der Waals surface area contributed by atoms with Crippen LogP contribution in [0.2, 0.25) is 0 Å². The van der Waals surface area contributed by atoms with Gasteiger partial charge in [0, 0.05) is 17.6 Å². The van der Waals surface area contributed by atoms with Gasteiger partial charge in [0.25, 0.3) is 0 Å². The molecule has 106 valence electrons. The second kappa shape index (κ2) is 4.92. The van der Waals surface area contributed by atoms with Gasteiger partial charge >= 0.3 is 0 Å². The lowest BCUT2D eigenvalue weighted by atomic mass is 9.91. The molecular weight excluding hydrogens is 244 g/mol. The maximum atomic E-state index is 3.56. The SMILES string of the molecule is Cc1c(CC2CCCNC2)c2cccc3c2n1CCC3. The van der Waals surface area contributed by atoms with Crippen LogP contribution in [-0.4, -0.2) is 17.7 Å². The summed E-state index contributed by atoms with van der Waals surface area (Å²) in [6, 6.07) is 6.93. The van der Waals surface area contributed by atoms with Crippen molar-refractivity contribution in [3.63, 3.8) is 0 Å². The second-order valence-corrected chi connectivity index (χ2v) is 6.55. The Labute approximate surface area is 121 Å². The maximum Gasteiger partial charge on any atom is 0.0517 e. The van der Waals surface area contributed by atoms with Gasteiger partial charge in [-0.05, 0) is 69.2 Å². The number of hydrogen-bond donors (Lipinski definition) is 1. The Morgan fingerprint density at radius 2 is 2.25 bits per heavy atom. The number of nitrogens with zero attached hydrogens (tertiary/aromatic N) is 1. The summed E-state index contributed by atoms with van der Waals surface area (Å²) in [6.45, 7) is 5.95. The van der Waals surface area contributed by atoms with Crippen LogP contribution in [-0.2, 0) is 19.4 Å². The van der Waals surface area contributed by atoms with E-state index in [2.05, 4.69) is 35.0 Å². The van der Waals surface area contributed by atoms with Crippen LogP contribution in [0.3, 0.4) is 0 Å². The molecule has 0 amide bonds. The Balaban J connectivity index is 1.79. The van der Waals surface area contributed by atoms with Crippen LogP contribution in [0.5, 0.6) is 0 Å². The molecule has 1 N–H and O–H groups in total. The number of nitrogens with one attached hydrogen (secondary N) is 1. The summed E-state index contributed by atoms with van der Waals surface area (Å²) in [5, 5.41) is 5.09. The zero-order valence-corrected chi connectivity index (χ0v) is 12.4. The van der Waals surface area contributed by atoms with E-state index in [1.165, 1.54) is 68.3 Å². The molecule has 1 atom stereocenters. The zero-order chi connectivity index (χ0) is 13.5. The van der Waals surface area contributed by atoms with Crippen LogP contribution < -0.4 is 5.32 Å². The first-order valence-corrected chi connectivity index (χ1v) is 8.15. The normalized spacial score (nSPS) is 22.4. The first kappa shape index (κ1) is 12.5. The molecule has 2 aliphatic rings. The third-order valence-corrected chi connectivity index (χ3v) is 5.28. The van der Waals surface area contributed by atoms with E-state index in [0.717, 1.165) is 5.92 Å². The van der Waals surface area contributed by atoms with E-state index >= 15 is 0 Å². The topological polar surface area (TPSA) is 17.0 Å². The van der Waals surface area contributed by atoms with Crippen LogP contribution in [0.4, 0.5) is 0 Å². The average Bonchev–Trinajstić information content (AvgIpc) is 2.77. The molecule has 2 nitrogen and oxygen atoms in total. The summed E-state index contributed by atoms with van der Waals surface area (Å²) >= 11 is 0. The Kier molecular flexibility index (Phi) is 3.07. The molecule has 1 unspecified atom stereocenters. The molecule has 1 aromatic carbocycles. The van der Waals surface area contributed by atoms with Gasteiger partial charge in [0.2, 0.25) is 0 Å². The van der Waals surface area contributed by atoms with Gasteiger partial charge in [-0.2, -0.15) is 0 Å². The lowest BCUT2D eigenvalue weighted by Crippen LogP contribution is -2.30. The maximum absolute atomic E-state index is 3.56. The highest BCUT2D eigenvalue weighted by molar-refractivity contribution is 5.88. The Morgan fingerprint density at radius 3 is 3.10 bits per heavy atom. The predicted octanol–water partition coefficient (Wildman–Crippen LogP) is 3.44. The number of aromatic nitrogens is 1. The molecule has 0 bridgehead atoms. The van der Waals surface area contributed by atoms with Crippen molar-refractivity contribution in [2.45, 2.75) is 45.6 Å². The second-order valence-electron chi connectivity index (χ2n) is 6.55. The molecule has 3 heterocycles. The van der Waals surface area contributed by atoms with Gasteiger partial charge in [-0.3, -0.25) is 0 Å². The fraction of sp³-hybridized carbons (Fsp3) is 0.556. The van der Waals surface area contributed by atoms with Crippen molar-refractivity contribution in [2.24, 2.45) is 5.92 Å². The lowest BCUT2D eigenvalue weighted by molar-refractivity contribution is 0.376. The molecule has 2 aliphatic heterocycles. The molecule has 0 spiro atoms. The molecular formula is C18H24N2. The molecule has 20 heavy (non-hydrogen) atoms. The van der Waals surface area contributed by atoms with Crippen molar-refractivity contribution >= 4 is 10.9 Å². The van der Waals surface area contributed by atoms with E-state index in [0.29, 0.717) is 0 Å². The van der Waals surface area contributed by atoms with Crippen LogP contribution in [0.15, 0.2) is 18.2 Å². The highest BCUT2D eigenvalue weighted by Crippen LogP contribution is 2.34. The number of hydrogen-bond acceptors (Lipinski definition) is 1. The van der Waals surface area contributed by atoms with Crippen molar-refractivity contribution in [3.05, 3.63) is 35.0 Å². The smallest absolute Gasteiger partial charge is 0.0517 e. The van der Waals surface area contributed by atoms with Crippen molar-refractivity contribution in [2.75, 3.05) is 13.1 Å². The minimum absolute atomic E-state index is 0.825. The summed E-state index contributed by atoms with van der Waals surface area (Å²) in [5.74, 6) is 0.825. The standard InChI is InChI=1S/C18H24N2/c1-13-17(11-14-5-3-9-19-12-14)16-8-2-6-15-7-4-10-20(13)18(15)16/h2,6,8,14,19H,3-5,7,9-12H2,1H3. The molecule has 4 rings (SSSR count). The van der Waals surface area contributed by atoms with Crippen molar-refractivity contribution in [1.82, 2.24) is 9.88 Å². The van der Waals surface area contributed by atoms with Gasteiger partial charge in [0.05, 0.1) is 5.52 Å². The van der Waals surface area contributed by atoms with Crippen molar-refractivity contribution in [1.29, 1.82) is 0 Å². The Hall–Kier alpha value is -1.28. The fourth-order valence-electron chi connectivity index (χ4n) is 4.23. The molecule has 1 aromatic heterocycles. The van der Waals surface area contributed by atoms with E-state index in [1.54, 1.807) is 11.1 Å².